The fraction of sp³-hybridized carbons (Fsp3) is 0.250. The van der Waals surface area contributed by atoms with E-state index in [1.165, 1.54) is 0 Å². The third-order valence-corrected chi connectivity index (χ3v) is 5.29. The maximum atomic E-state index is 12.4. The van der Waals surface area contributed by atoms with Crippen molar-refractivity contribution in [3.63, 3.8) is 0 Å². The Morgan fingerprint density at radius 3 is 2.10 bits per heavy atom. The highest BCUT2D eigenvalue weighted by Gasteiger charge is 2.39. The van der Waals surface area contributed by atoms with E-state index in [0.29, 0.717) is 9.79 Å². The second-order valence-electron chi connectivity index (χ2n) is 5.38. The van der Waals surface area contributed by atoms with Crippen LogP contribution in [0.1, 0.15) is 12.5 Å². The molecule has 0 aliphatic carbocycles. The number of benzene rings is 2. The van der Waals surface area contributed by atoms with Gasteiger partial charge in [0.15, 0.2) is 0 Å². The van der Waals surface area contributed by atoms with Crippen molar-refractivity contribution in [2.45, 2.75) is 28.7 Å². The molecule has 1 fully saturated rings. The Morgan fingerprint density at radius 1 is 1.00 bits per heavy atom. The van der Waals surface area contributed by atoms with Crippen molar-refractivity contribution in [1.29, 1.82) is 0 Å². The van der Waals surface area contributed by atoms with E-state index in [-0.39, 0.29) is 5.60 Å². The van der Waals surface area contributed by atoms with Crippen LogP contribution in [0.4, 0.5) is 0 Å². The van der Waals surface area contributed by atoms with Crippen LogP contribution in [0.2, 0.25) is 0 Å². The molecular weight excluding hydrogens is 272 g/mol. The van der Waals surface area contributed by atoms with Crippen LogP contribution in [0.15, 0.2) is 64.4 Å². The zero-order valence-electron chi connectivity index (χ0n) is 11.2. The van der Waals surface area contributed by atoms with Gasteiger partial charge in [0.2, 0.25) is 9.84 Å². The summed E-state index contributed by atoms with van der Waals surface area (Å²) in [6.07, 6.45) is 0.818. The maximum absolute atomic E-state index is 12.4. The molecule has 0 amide bonds. The highest BCUT2D eigenvalue weighted by Crippen LogP contribution is 2.30. The summed E-state index contributed by atoms with van der Waals surface area (Å²) in [6.45, 7) is 2.83. The van der Waals surface area contributed by atoms with Gasteiger partial charge in [0.25, 0.3) is 0 Å². The summed E-state index contributed by atoms with van der Waals surface area (Å²) in [5.74, 6) is 0. The van der Waals surface area contributed by atoms with Gasteiger partial charge < -0.3 is 4.74 Å². The van der Waals surface area contributed by atoms with Gasteiger partial charge in [0.05, 0.1) is 22.0 Å². The Labute approximate surface area is 119 Å². The molecule has 1 unspecified atom stereocenters. The Balaban J connectivity index is 1.87. The lowest BCUT2D eigenvalue weighted by Crippen LogP contribution is -2.09. The molecule has 4 heteroatoms. The molecule has 0 N–H and O–H groups in total. The zero-order chi connectivity index (χ0) is 14.2. The van der Waals surface area contributed by atoms with E-state index in [1.807, 2.05) is 12.1 Å². The zero-order valence-corrected chi connectivity index (χ0v) is 12.1. The van der Waals surface area contributed by atoms with Crippen LogP contribution >= 0.6 is 0 Å². The molecule has 1 aliphatic heterocycles. The second kappa shape index (κ2) is 4.72. The Hall–Kier alpha value is -1.65. The summed E-state index contributed by atoms with van der Waals surface area (Å²) < 4.78 is 30.2. The number of rotatable bonds is 4. The molecule has 20 heavy (non-hydrogen) atoms. The van der Waals surface area contributed by atoms with Crippen molar-refractivity contribution in [2.24, 2.45) is 0 Å². The monoisotopic (exact) mass is 288 g/mol. The summed E-state index contributed by atoms with van der Waals surface area (Å²) in [7, 11) is -3.42. The molecule has 3 nitrogen and oxygen atoms in total. The quantitative estimate of drug-likeness (QED) is 0.813. The van der Waals surface area contributed by atoms with Gasteiger partial charge in [0, 0.05) is 6.42 Å². The molecule has 3 rings (SSSR count). The molecule has 0 aromatic heterocycles. The Bertz CT molecular complexity index is 699. The SMILES string of the molecule is CC1(Cc2ccc(S(=O)(=O)c3ccccc3)cc2)CO1. The minimum absolute atomic E-state index is 0.0557. The summed E-state index contributed by atoms with van der Waals surface area (Å²) in [4.78, 5) is 0.652. The number of sulfone groups is 1. The van der Waals surface area contributed by atoms with Gasteiger partial charge in [-0.2, -0.15) is 0 Å². The lowest BCUT2D eigenvalue weighted by atomic mass is 10.0. The smallest absolute Gasteiger partial charge is 0.206 e. The van der Waals surface area contributed by atoms with E-state index < -0.39 is 9.84 Å². The Kier molecular flexibility index (Phi) is 3.15. The lowest BCUT2D eigenvalue weighted by Gasteiger charge is -2.08. The van der Waals surface area contributed by atoms with Crippen molar-refractivity contribution >= 4 is 9.84 Å². The maximum Gasteiger partial charge on any atom is 0.206 e. The van der Waals surface area contributed by atoms with E-state index in [2.05, 4.69) is 6.92 Å². The highest BCUT2D eigenvalue weighted by molar-refractivity contribution is 7.91. The topological polar surface area (TPSA) is 46.7 Å². The fourth-order valence-electron chi connectivity index (χ4n) is 2.18. The van der Waals surface area contributed by atoms with Crippen molar-refractivity contribution in [2.75, 3.05) is 6.61 Å². The molecule has 0 bridgehead atoms. The van der Waals surface area contributed by atoms with Crippen molar-refractivity contribution < 1.29 is 13.2 Å². The summed E-state index contributed by atoms with van der Waals surface area (Å²) in [5, 5.41) is 0. The fourth-order valence-corrected chi connectivity index (χ4v) is 3.46. The Morgan fingerprint density at radius 2 is 1.55 bits per heavy atom. The largest absolute Gasteiger partial charge is 0.370 e. The van der Waals surface area contributed by atoms with Crippen LogP contribution < -0.4 is 0 Å². The van der Waals surface area contributed by atoms with E-state index in [0.717, 1.165) is 18.6 Å². The van der Waals surface area contributed by atoms with Crippen molar-refractivity contribution in [3.8, 4) is 0 Å². The van der Waals surface area contributed by atoms with Crippen LogP contribution in [0.25, 0.3) is 0 Å². The van der Waals surface area contributed by atoms with Crippen LogP contribution in [0.5, 0.6) is 0 Å². The first kappa shape index (κ1) is 13.3. The molecule has 0 radical (unpaired) electrons. The summed E-state index contributed by atoms with van der Waals surface area (Å²) in [5.41, 5.74) is 1.04. The van der Waals surface area contributed by atoms with Crippen LogP contribution in [0, 0.1) is 0 Å². The van der Waals surface area contributed by atoms with Gasteiger partial charge in [-0.15, -0.1) is 0 Å². The molecule has 0 spiro atoms. The van der Waals surface area contributed by atoms with E-state index >= 15 is 0 Å². The molecule has 1 aliphatic rings. The van der Waals surface area contributed by atoms with Crippen molar-refractivity contribution in [3.05, 3.63) is 60.2 Å². The van der Waals surface area contributed by atoms with E-state index in [4.69, 9.17) is 4.74 Å². The van der Waals surface area contributed by atoms with Crippen LogP contribution in [0.3, 0.4) is 0 Å². The molecule has 0 saturated carbocycles. The standard InChI is InChI=1S/C16H16O3S/c1-16(12-19-16)11-13-7-9-15(10-8-13)20(17,18)14-5-3-2-4-6-14/h2-10H,11-12H2,1H3. The molecule has 1 heterocycles. The first-order chi connectivity index (χ1) is 9.50. The predicted octanol–water partition coefficient (Wildman–Crippen LogP) is 2.85. The first-order valence-corrected chi connectivity index (χ1v) is 8.01. The molecule has 104 valence electrons. The number of hydrogen-bond acceptors (Lipinski definition) is 3. The minimum Gasteiger partial charge on any atom is -0.370 e. The van der Waals surface area contributed by atoms with Gasteiger partial charge in [-0.1, -0.05) is 30.3 Å². The molecular formula is C16H16O3S. The second-order valence-corrected chi connectivity index (χ2v) is 7.33. The van der Waals surface area contributed by atoms with Gasteiger partial charge in [-0.05, 0) is 36.8 Å². The predicted molar refractivity (Wildman–Crippen MR) is 76.4 cm³/mol. The summed E-state index contributed by atoms with van der Waals surface area (Å²) in [6, 6.07) is 15.6. The number of ether oxygens (including phenoxy) is 1. The highest BCUT2D eigenvalue weighted by atomic mass is 32.2. The van der Waals surface area contributed by atoms with Gasteiger partial charge in [-0.25, -0.2) is 8.42 Å². The van der Waals surface area contributed by atoms with E-state index in [1.54, 1.807) is 42.5 Å². The average Bonchev–Trinajstić information content (AvgIpc) is 3.18. The van der Waals surface area contributed by atoms with Crippen LogP contribution in [-0.4, -0.2) is 20.6 Å². The molecule has 1 saturated heterocycles. The summed E-state index contributed by atoms with van der Waals surface area (Å²) >= 11 is 0. The normalized spacial score (nSPS) is 21.6. The number of hydrogen-bond donors (Lipinski definition) is 0. The van der Waals surface area contributed by atoms with Crippen molar-refractivity contribution in [1.82, 2.24) is 0 Å². The lowest BCUT2D eigenvalue weighted by molar-refractivity contribution is 0.322. The minimum atomic E-state index is -3.42. The van der Waals surface area contributed by atoms with Gasteiger partial charge in [0.1, 0.15) is 0 Å². The molecule has 2 aromatic rings. The van der Waals surface area contributed by atoms with Gasteiger partial charge >= 0.3 is 0 Å². The third kappa shape index (κ3) is 2.62. The molecule has 2 aromatic carbocycles. The van der Waals surface area contributed by atoms with Crippen LogP contribution in [-0.2, 0) is 21.0 Å². The van der Waals surface area contributed by atoms with E-state index in [9.17, 15) is 8.42 Å². The van der Waals surface area contributed by atoms with Gasteiger partial charge in [-0.3, -0.25) is 0 Å². The first-order valence-electron chi connectivity index (χ1n) is 6.53. The third-order valence-electron chi connectivity index (χ3n) is 3.50. The number of epoxide rings is 1. The molecule has 1 atom stereocenters. The average molecular weight is 288 g/mol.